The first-order valence-corrected chi connectivity index (χ1v) is 9.72. The molecule has 152 valence electrons. The smallest absolute Gasteiger partial charge is 0.318 e. The summed E-state index contributed by atoms with van der Waals surface area (Å²) in [5.41, 5.74) is 4.96. The predicted molar refractivity (Wildman–Crippen MR) is 98.2 cm³/mol. The van der Waals surface area contributed by atoms with Gasteiger partial charge in [0.2, 0.25) is 5.91 Å². The van der Waals surface area contributed by atoms with E-state index in [4.69, 9.17) is 10.5 Å². The molecule has 1 saturated carbocycles. The van der Waals surface area contributed by atoms with Crippen molar-refractivity contribution in [1.29, 1.82) is 0 Å². The number of carbonyl (C=O) groups is 4. The summed E-state index contributed by atoms with van der Waals surface area (Å²) >= 11 is 0. The van der Waals surface area contributed by atoms with Crippen LogP contribution in [0.1, 0.15) is 53.4 Å². The number of nitrogens with two attached hydrogens (primary N) is 1. The molecule has 0 spiro atoms. The van der Waals surface area contributed by atoms with E-state index in [2.05, 4.69) is 13.8 Å². The summed E-state index contributed by atoms with van der Waals surface area (Å²) in [5.74, 6) is -1.36. The fourth-order valence-corrected chi connectivity index (χ4v) is 4.11. The number of primary amides is 1. The number of hydrogen-bond donors (Lipinski definition) is 2. The molecule has 1 aliphatic heterocycles. The maximum atomic E-state index is 12.6. The second-order valence-electron chi connectivity index (χ2n) is 8.24. The van der Waals surface area contributed by atoms with Gasteiger partial charge in [-0.05, 0) is 24.2 Å². The fraction of sp³-hybridized carbons (Fsp3) is 0.789. The molecular weight excluding hydrogens is 350 g/mol. The summed E-state index contributed by atoms with van der Waals surface area (Å²) in [7, 11) is 0. The summed E-state index contributed by atoms with van der Waals surface area (Å²) in [6.07, 6.45) is 2.17. The molecular formula is C19H31N3O5. The number of nitrogens with one attached hydrogen (secondary N) is 1. The lowest BCUT2D eigenvalue weighted by Crippen LogP contribution is -2.47. The number of nitrogens with zero attached hydrogens (tertiary/aromatic N) is 1. The maximum Gasteiger partial charge on any atom is 0.318 e. The Hall–Kier alpha value is -2.12. The molecule has 0 unspecified atom stereocenters. The Morgan fingerprint density at radius 3 is 2.48 bits per heavy atom. The number of likely N-dealkylation sites (tertiary alicyclic amines) is 1. The topological polar surface area (TPSA) is 119 Å². The van der Waals surface area contributed by atoms with Crippen molar-refractivity contribution in [1.82, 2.24) is 10.2 Å². The van der Waals surface area contributed by atoms with Gasteiger partial charge in [-0.3, -0.25) is 19.7 Å². The largest absolute Gasteiger partial charge is 0.452 e. The van der Waals surface area contributed by atoms with E-state index >= 15 is 0 Å². The molecule has 0 radical (unpaired) electrons. The number of urea groups is 1. The van der Waals surface area contributed by atoms with Crippen LogP contribution in [0.15, 0.2) is 0 Å². The molecule has 8 heteroatoms. The molecule has 0 bridgehead atoms. The van der Waals surface area contributed by atoms with E-state index in [-0.39, 0.29) is 24.3 Å². The van der Waals surface area contributed by atoms with Crippen LogP contribution in [0, 0.1) is 23.7 Å². The van der Waals surface area contributed by atoms with Crippen LogP contribution in [0.3, 0.4) is 0 Å². The van der Waals surface area contributed by atoms with Gasteiger partial charge in [-0.2, -0.15) is 0 Å². The normalized spacial score (nSPS) is 29.5. The number of carbonyl (C=O) groups excluding carboxylic acids is 4. The van der Waals surface area contributed by atoms with Crippen molar-refractivity contribution in [2.75, 3.05) is 6.54 Å². The average molecular weight is 381 g/mol. The molecule has 4 amide bonds. The van der Waals surface area contributed by atoms with Gasteiger partial charge in [0.05, 0.1) is 5.92 Å². The lowest BCUT2D eigenvalue weighted by atomic mass is 9.77. The fourth-order valence-electron chi connectivity index (χ4n) is 4.11. The molecule has 2 rings (SSSR count). The number of rotatable bonds is 5. The predicted octanol–water partition coefficient (Wildman–Crippen LogP) is 1.42. The zero-order chi connectivity index (χ0) is 20.3. The Bertz CT molecular complexity index is 606. The van der Waals surface area contributed by atoms with Crippen LogP contribution in [0.4, 0.5) is 4.79 Å². The van der Waals surface area contributed by atoms with Gasteiger partial charge in [0.15, 0.2) is 6.10 Å². The van der Waals surface area contributed by atoms with Crippen LogP contribution in [-0.4, -0.2) is 47.4 Å². The molecule has 0 aromatic carbocycles. The van der Waals surface area contributed by atoms with E-state index in [0.717, 1.165) is 19.3 Å². The monoisotopic (exact) mass is 381 g/mol. The highest BCUT2D eigenvalue weighted by Crippen LogP contribution is 2.36. The van der Waals surface area contributed by atoms with Crippen molar-refractivity contribution < 1.29 is 23.9 Å². The Kier molecular flexibility index (Phi) is 6.84. The van der Waals surface area contributed by atoms with Gasteiger partial charge in [-0.25, -0.2) is 4.79 Å². The van der Waals surface area contributed by atoms with E-state index in [1.54, 1.807) is 13.8 Å². The van der Waals surface area contributed by atoms with E-state index < -0.39 is 29.9 Å². The van der Waals surface area contributed by atoms with E-state index in [0.29, 0.717) is 18.4 Å². The molecule has 1 saturated heterocycles. The van der Waals surface area contributed by atoms with Crippen molar-refractivity contribution >= 4 is 23.8 Å². The average Bonchev–Trinajstić information content (AvgIpc) is 2.95. The molecule has 1 aliphatic carbocycles. The first-order chi connectivity index (χ1) is 12.6. The number of hydrogen-bond acceptors (Lipinski definition) is 5. The van der Waals surface area contributed by atoms with E-state index in [9.17, 15) is 19.2 Å². The summed E-state index contributed by atoms with van der Waals surface area (Å²) in [5, 5.41) is 1.95. The molecule has 0 aromatic heterocycles. The van der Waals surface area contributed by atoms with Crippen molar-refractivity contribution in [3.05, 3.63) is 0 Å². The van der Waals surface area contributed by atoms with E-state index in [1.807, 2.05) is 10.2 Å². The van der Waals surface area contributed by atoms with Crippen LogP contribution in [0.2, 0.25) is 0 Å². The minimum absolute atomic E-state index is 0.0365. The van der Waals surface area contributed by atoms with Gasteiger partial charge in [-0.15, -0.1) is 0 Å². The Labute approximate surface area is 160 Å². The van der Waals surface area contributed by atoms with Gasteiger partial charge in [0.25, 0.3) is 5.91 Å². The summed E-state index contributed by atoms with van der Waals surface area (Å²) in [6.45, 7) is 8.09. The van der Waals surface area contributed by atoms with Crippen molar-refractivity contribution in [2.45, 2.75) is 65.5 Å². The van der Waals surface area contributed by atoms with Crippen molar-refractivity contribution in [2.24, 2.45) is 29.4 Å². The lowest BCUT2D eigenvalue weighted by Gasteiger charge is -2.40. The molecule has 2 aliphatic rings. The third-order valence-corrected chi connectivity index (χ3v) is 5.91. The Morgan fingerprint density at radius 2 is 1.89 bits per heavy atom. The number of imide groups is 1. The second kappa shape index (κ2) is 8.71. The van der Waals surface area contributed by atoms with Crippen molar-refractivity contribution in [3.63, 3.8) is 0 Å². The zero-order valence-corrected chi connectivity index (χ0v) is 16.6. The molecule has 1 heterocycles. The molecule has 0 aromatic rings. The first-order valence-electron chi connectivity index (χ1n) is 9.72. The van der Waals surface area contributed by atoms with Crippen LogP contribution < -0.4 is 11.1 Å². The molecule has 27 heavy (non-hydrogen) atoms. The lowest BCUT2D eigenvalue weighted by molar-refractivity contribution is -0.162. The molecule has 5 atom stereocenters. The highest BCUT2D eigenvalue weighted by Gasteiger charge is 2.43. The molecule has 8 nitrogen and oxygen atoms in total. The Balaban J connectivity index is 2.01. The van der Waals surface area contributed by atoms with Gasteiger partial charge < -0.3 is 15.4 Å². The van der Waals surface area contributed by atoms with Crippen LogP contribution >= 0.6 is 0 Å². The third kappa shape index (κ3) is 4.99. The SMILES string of the molecule is CC(C)[C@H](OC(=O)[C@@H]1CC(=O)N([C@H]2CCC[C@@H](C)[C@H]2C)C1)C(=O)NC(N)=O. The number of esters is 1. The number of ether oxygens (including phenoxy) is 1. The minimum Gasteiger partial charge on any atom is -0.452 e. The van der Waals surface area contributed by atoms with Gasteiger partial charge in [-0.1, -0.05) is 40.5 Å². The first kappa shape index (κ1) is 21.2. The van der Waals surface area contributed by atoms with Gasteiger partial charge in [0, 0.05) is 19.0 Å². The number of amides is 4. The van der Waals surface area contributed by atoms with Crippen molar-refractivity contribution in [3.8, 4) is 0 Å². The van der Waals surface area contributed by atoms with Gasteiger partial charge >= 0.3 is 12.0 Å². The quantitative estimate of drug-likeness (QED) is 0.698. The van der Waals surface area contributed by atoms with Gasteiger partial charge in [0.1, 0.15) is 0 Å². The van der Waals surface area contributed by atoms with Crippen LogP contribution in [0.5, 0.6) is 0 Å². The van der Waals surface area contributed by atoms with Crippen LogP contribution in [-0.2, 0) is 19.1 Å². The zero-order valence-electron chi connectivity index (χ0n) is 16.6. The molecule has 3 N–H and O–H groups in total. The van der Waals surface area contributed by atoms with Crippen LogP contribution in [0.25, 0.3) is 0 Å². The highest BCUT2D eigenvalue weighted by molar-refractivity contribution is 5.97. The second-order valence-corrected chi connectivity index (χ2v) is 8.24. The minimum atomic E-state index is -1.12. The summed E-state index contributed by atoms with van der Waals surface area (Å²) in [4.78, 5) is 49.8. The third-order valence-electron chi connectivity index (χ3n) is 5.91. The summed E-state index contributed by atoms with van der Waals surface area (Å²) < 4.78 is 5.35. The molecule has 2 fully saturated rings. The summed E-state index contributed by atoms with van der Waals surface area (Å²) in [6, 6.07) is -0.845. The standard InChI is InChI=1S/C19H31N3O5/c1-10(2)16(17(24)21-19(20)26)27-18(25)13-8-15(23)22(9-13)14-7-5-6-11(3)12(14)4/h10-14,16H,5-9H2,1-4H3,(H3,20,21,24,26)/t11-,12-,13-,14+,16+/m1/s1. The Morgan fingerprint density at radius 1 is 1.22 bits per heavy atom. The maximum absolute atomic E-state index is 12.6. The van der Waals surface area contributed by atoms with E-state index in [1.165, 1.54) is 0 Å². The highest BCUT2D eigenvalue weighted by atomic mass is 16.5.